The number of halogens is 1. The molecule has 0 amide bonds. The van der Waals surface area contributed by atoms with Crippen molar-refractivity contribution in [1.29, 1.82) is 0 Å². The molecule has 0 heterocycles. The van der Waals surface area contributed by atoms with Crippen LogP contribution in [0.4, 0.5) is 0 Å². The molecule has 19 heavy (non-hydrogen) atoms. The average Bonchev–Trinajstić information content (AvgIpc) is 2.82. The molecule has 2 rings (SSSR count). The van der Waals surface area contributed by atoms with Crippen LogP contribution in [0.25, 0.3) is 0 Å². The smallest absolute Gasteiger partial charge is 0.310 e. The minimum Gasteiger partial charge on any atom is -0.481 e. The Morgan fingerprint density at radius 2 is 1.89 bits per heavy atom. The van der Waals surface area contributed by atoms with E-state index in [0.29, 0.717) is 6.54 Å². The number of carboxylic acids is 1. The van der Waals surface area contributed by atoms with Gasteiger partial charge < -0.3 is 10.0 Å². The van der Waals surface area contributed by atoms with E-state index in [2.05, 4.69) is 33.0 Å². The molecule has 0 spiro atoms. The van der Waals surface area contributed by atoms with Gasteiger partial charge in [0.25, 0.3) is 0 Å². The number of hydrogen-bond donors (Lipinski definition) is 1. The summed E-state index contributed by atoms with van der Waals surface area (Å²) < 4.78 is 1.07. The Bertz CT molecular complexity index is 438. The second-order valence-corrected chi connectivity index (χ2v) is 6.51. The third-order valence-corrected chi connectivity index (χ3v) is 4.48. The Kier molecular flexibility index (Phi) is 4.63. The molecule has 0 radical (unpaired) electrons. The van der Waals surface area contributed by atoms with Gasteiger partial charge in [0.2, 0.25) is 0 Å². The van der Waals surface area contributed by atoms with Crippen molar-refractivity contribution in [3.8, 4) is 0 Å². The van der Waals surface area contributed by atoms with Gasteiger partial charge in [-0.3, -0.25) is 4.79 Å². The first-order valence-electron chi connectivity index (χ1n) is 6.68. The van der Waals surface area contributed by atoms with Crippen LogP contribution in [0.1, 0.15) is 31.2 Å². The molecule has 0 atom stereocenters. The highest BCUT2D eigenvalue weighted by Gasteiger charge is 2.41. The van der Waals surface area contributed by atoms with Crippen molar-refractivity contribution in [1.82, 2.24) is 4.90 Å². The van der Waals surface area contributed by atoms with Crippen LogP contribution in [0.15, 0.2) is 28.7 Å². The SMILES string of the molecule is CN(Cc1ccc(Br)cc1)CC1(C(=O)O)CCCC1. The van der Waals surface area contributed by atoms with Crippen LogP contribution in [-0.4, -0.2) is 29.6 Å². The number of aliphatic carboxylic acids is 1. The summed E-state index contributed by atoms with van der Waals surface area (Å²) in [5, 5.41) is 9.48. The van der Waals surface area contributed by atoms with Gasteiger partial charge in [-0.15, -0.1) is 0 Å². The number of carboxylic acid groups (broad SMARTS) is 1. The van der Waals surface area contributed by atoms with E-state index in [1.807, 2.05) is 19.2 Å². The first-order valence-corrected chi connectivity index (χ1v) is 7.47. The molecule has 0 bridgehead atoms. The number of benzene rings is 1. The van der Waals surface area contributed by atoms with Gasteiger partial charge >= 0.3 is 5.97 Å². The highest BCUT2D eigenvalue weighted by Crippen LogP contribution is 2.39. The first-order chi connectivity index (χ1) is 9.02. The molecule has 1 saturated carbocycles. The third kappa shape index (κ3) is 3.57. The lowest BCUT2D eigenvalue weighted by molar-refractivity contribution is -0.149. The van der Waals surface area contributed by atoms with Crippen molar-refractivity contribution >= 4 is 21.9 Å². The molecule has 3 nitrogen and oxygen atoms in total. The predicted molar refractivity (Wildman–Crippen MR) is 79.0 cm³/mol. The Morgan fingerprint density at radius 3 is 2.42 bits per heavy atom. The number of rotatable bonds is 5. The molecule has 1 fully saturated rings. The van der Waals surface area contributed by atoms with Gasteiger partial charge in [-0.1, -0.05) is 40.9 Å². The van der Waals surface area contributed by atoms with E-state index in [-0.39, 0.29) is 0 Å². The van der Waals surface area contributed by atoms with Crippen LogP contribution in [-0.2, 0) is 11.3 Å². The van der Waals surface area contributed by atoms with Crippen LogP contribution in [0, 0.1) is 5.41 Å². The summed E-state index contributed by atoms with van der Waals surface area (Å²) in [5.74, 6) is -0.632. The van der Waals surface area contributed by atoms with Crippen LogP contribution in [0.2, 0.25) is 0 Å². The van der Waals surface area contributed by atoms with Crippen LogP contribution in [0.5, 0.6) is 0 Å². The molecular weight excluding hydrogens is 306 g/mol. The molecule has 0 aromatic heterocycles. The van der Waals surface area contributed by atoms with E-state index in [1.165, 1.54) is 5.56 Å². The van der Waals surface area contributed by atoms with E-state index >= 15 is 0 Å². The molecular formula is C15H20BrNO2. The van der Waals surface area contributed by atoms with E-state index in [4.69, 9.17) is 0 Å². The van der Waals surface area contributed by atoms with Crippen LogP contribution in [0.3, 0.4) is 0 Å². The zero-order valence-electron chi connectivity index (χ0n) is 11.2. The van der Waals surface area contributed by atoms with Crippen molar-refractivity contribution in [3.63, 3.8) is 0 Å². The second kappa shape index (κ2) is 6.06. The van der Waals surface area contributed by atoms with E-state index < -0.39 is 11.4 Å². The van der Waals surface area contributed by atoms with Gasteiger partial charge in [-0.05, 0) is 37.6 Å². The maximum atomic E-state index is 11.5. The van der Waals surface area contributed by atoms with Crippen molar-refractivity contribution in [2.75, 3.05) is 13.6 Å². The van der Waals surface area contributed by atoms with Crippen LogP contribution >= 0.6 is 15.9 Å². The fourth-order valence-corrected chi connectivity index (χ4v) is 3.23. The zero-order valence-corrected chi connectivity index (χ0v) is 12.8. The van der Waals surface area contributed by atoms with Crippen molar-refractivity contribution in [2.24, 2.45) is 5.41 Å². The Hall–Kier alpha value is -0.870. The zero-order chi connectivity index (χ0) is 13.9. The lowest BCUT2D eigenvalue weighted by atomic mass is 9.85. The van der Waals surface area contributed by atoms with E-state index in [9.17, 15) is 9.90 Å². The summed E-state index contributed by atoms with van der Waals surface area (Å²) in [5.41, 5.74) is 0.689. The highest BCUT2D eigenvalue weighted by atomic mass is 79.9. The summed E-state index contributed by atoms with van der Waals surface area (Å²) in [4.78, 5) is 13.7. The fraction of sp³-hybridized carbons (Fsp3) is 0.533. The predicted octanol–water partition coefficient (Wildman–Crippen LogP) is 3.53. The molecule has 4 heteroatoms. The third-order valence-electron chi connectivity index (χ3n) is 3.95. The van der Waals surface area contributed by atoms with Gasteiger partial charge in [0, 0.05) is 17.6 Å². The summed E-state index contributed by atoms with van der Waals surface area (Å²) in [6, 6.07) is 8.18. The molecule has 0 aliphatic heterocycles. The summed E-state index contributed by atoms with van der Waals surface area (Å²) in [7, 11) is 2.01. The molecule has 1 aliphatic rings. The summed E-state index contributed by atoms with van der Waals surface area (Å²) in [6.45, 7) is 1.43. The number of nitrogens with zero attached hydrogens (tertiary/aromatic N) is 1. The van der Waals surface area contributed by atoms with Crippen molar-refractivity contribution < 1.29 is 9.90 Å². The monoisotopic (exact) mass is 325 g/mol. The Morgan fingerprint density at radius 1 is 1.32 bits per heavy atom. The Balaban J connectivity index is 1.98. The Labute approximate surface area is 122 Å². The summed E-state index contributed by atoms with van der Waals surface area (Å²) in [6.07, 6.45) is 3.71. The van der Waals surface area contributed by atoms with Gasteiger partial charge in [0.15, 0.2) is 0 Å². The molecule has 0 saturated heterocycles. The molecule has 1 aromatic carbocycles. The molecule has 104 valence electrons. The summed E-state index contributed by atoms with van der Waals surface area (Å²) >= 11 is 3.42. The number of hydrogen-bond acceptors (Lipinski definition) is 2. The normalized spacial score (nSPS) is 17.8. The van der Waals surface area contributed by atoms with E-state index in [0.717, 1.165) is 36.7 Å². The average molecular weight is 326 g/mol. The van der Waals surface area contributed by atoms with Gasteiger partial charge in [0.1, 0.15) is 0 Å². The molecule has 1 aromatic rings. The lowest BCUT2D eigenvalue weighted by Crippen LogP contribution is -2.39. The lowest BCUT2D eigenvalue weighted by Gasteiger charge is -2.29. The molecule has 1 aliphatic carbocycles. The van der Waals surface area contributed by atoms with Gasteiger partial charge in [-0.2, -0.15) is 0 Å². The standard InChI is InChI=1S/C15H20BrNO2/c1-17(10-12-4-6-13(16)7-5-12)11-15(14(18)19)8-2-3-9-15/h4-7H,2-3,8-11H2,1H3,(H,18,19). The van der Waals surface area contributed by atoms with Crippen molar-refractivity contribution in [2.45, 2.75) is 32.2 Å². The topological polar surface area (TPSA) is 40.5 Å². The maximum Gasteiger partial charge on any atom is 0.310 e. The minimum absolute atomic E-state index is 0.524. The van der Waals surface area contributed by atoms with Crippen LogP contribution < -0.4 is 0 Å². The van der Waals surface area contributed by atoms with Gasteiger partial charge in [0.05, 0.1) is 5.41 Å². The first kappa shape index (κ1) is 14.5. The highest BCUT2D eigenvalue weighted by molar-refractivity contribution is 9.10. The fourth-order valence-electron chi connectivity index (χ4n) is 2.97. The quantitative estimate of drug-likeness (QED) is 0.900. The van der Waals surface area contributed by atoms with Gasteiger partial charge in [-0.25, -0.2) is 0 Å². The van der Waals surface area contributed by atoms with Crippen molar-refractivity contribution in [3.05, 3.63) is 34.3 Å². The second-order valence-electron chi connectivity index (χ2n) is 5.59. The molecule has 1 N–H and O–H groups in total. The minimum atomic E-state index is -0.632. The number of carbonyl (C=O) groups is 1. The maximum absolute atomic E-state index is 11.5. The molecule has 0 unspecified atom stereocenters. The largest absolute Gasteiger partial charge is 0.481 e. The van der Waals surface area contributed by atoms with E-state index in [1.54, 1.807) is 0 Å².